The summed E-state index contributed by atoms with van der Waals surface area (Å²) in [5, 5.41) is 2.00. The van der Waals surface area contributed by atoms with Gasteiger partial charge in [0.05, 0.1) is 5.56 Å². The van der Waals surface area contributed by atoms with Gasteiger partial charge < -0.3 is 4.74 Å². The van der Waals surface area contributed by atoms with Crippen molar-refractivity contribution in [2.24, 2.45) is 5.92 Å². The maximum absolute atomic E-state index is 11.8. The fraction of sp³-hybridized carbons (Fsp3) is 0.500. The standard InChI is InChI=1S/C10H11BO2S2/c1-5-3-7-4-15-6(2)8(7)9(12)13-10(5,11)14/h4-5,14H,3H2,1-2H3. The number of aryl methyl sites for hydroxylation is 1. The van der Waals surface area contributed by atoms with Crippen molar-refractivity contribution in [2.45, 2.75) is 25.1 Å². The predicted octanol–water partition coefficient (Wildman–Crippen LogP) is 2.16. The van der Waals surface area contributed by atoms with Gasteiger partial charge in [-0.3, -0.25) is 0 Å². The van der Waals surface area contributed by atoms with E-state index in [-0.39, 0.29) is 11.9 Å². The minimum absolute atomic E-state index is 0.0000309. The zero-order chi connectivity index (χ0) is 11.2. The highest BCUT2D eigenvalue weighted by atomic mass is 32.1. The van der Waals surface area contributed by atoms with Gasteiger partial charge in [-0.1, -0.05) is 6.92 Å². The molecule has 5 heteroatoms. The predicted molar refractivity (Wildman–Crippen MR) is 64.8 cm³/mol. The van der Waals surface area contributed by atoms with E-state index in [4.69, 9.17) is 12.6 Å². The number of carbonyl (C=O) groups excluding carboxylic acids is 1. The SMILES string of the molecule is [B]C1(S)OC(=O)c2c(csc2C)CC1C. The number of carbonyl (C=O) groups is 1. The molecule has 0 N–H and O–H groups in total. The highest BCUT2D eigenvalue weighted by Gasteiger charge is 2.36. The van der Waals surface area contributed by atoms with Crippen LogP contribution in [0, 0.1) is 12.8 Å². The first kappa shape index (κ1) is 11.1. The number of thiophene rings is 1. The first-order chi connectivity index (χ1) is 6.92. The van der Waals surface area contributed by atoms with Gasteiger partial charge in [0.15, 0.2) is 0 Å². The summed E-state index contributed by atoms with van der Waals surface area (Å²) < 4.78 is 5.19. The first-order valence-corrected chi connectivity index (χ1v) is 6.06. The van der Waals surface area contributed by atoms with E-state index in [0.717, 1.165) is 16.9 Å². The number of hydrogen-bond donors (Lipinski definition) is 1. The van der Waals surface area contributed by atoms with Crippen LogP contribution in [0.1, 0.15) is 27.7 Å². The Bertz CT molecular complexity index is 412. The molecule has 0 aromatic carbocycles. The minimum atomic E-state index is -1.17. The summed E-state index contributed by atoms with van der Waals surface area (Å²) in [4.78, 5) is 11.6. The number of thiol groups is 1. The highest BCUT2D eigenvalue weighted by molar-refractivity contribution is 7.83. The van der Waals surface area contributed by atoms with Gasteiger partial charge in [-0.2, -0.15) is 0 Å². The van der Waals surface area contributed by atoms with Crippen molar-refractivity contribution < 1.29 is 9.53 Å². The van der Waals surface area contributed by atoms with Gasteiger partial charge >= 0.3 is 5.97 Å². The number of cyclic esters (lactones) is 1. The molecule has 2 rings (SSSR count). The van der Waals surface area contributed by atoms with E-state index in [1.807, 2.05) is 19.2 Å². The van der Waals surface area contributed by atoms with Gasteiger partial charge in [-0.05, 0) is 30.2 Å². The Labute approximate surface area is 99.8 Å². The topological polar surface area (TPSA) is 26.3 Å². The van der Waals surface area contributed by atoms with E-state index >= 15 is 0 Å². The van der Waals surface area contributed by atoms with Crippen LogP contribution in [-0.4, -0.2) is 18.6 Å². The Hall–Kier alpha value is -0.415. The third kappa shape index (κ3) is 1.83. The van der Waals surface area contributed by atoms with Gasteiger partial charge in [0.25, 0.3) is 0 Å². The minimum Gasteiger partial charge on any atom is -0.455 e. The Morgan fingerprint density at radius 1 is 1.73 bits per heavy atom. The van der Waals surface area contributed by atoms with Crippen molar-refractivity contribution in [3.63, 3.8) is 0 Å². The average Bonchev–Trinajstić information content (AvgIpc) is 2.42. The lowest BCUT2D eigenvalue weighted by atomic mass is 9.83. The summed E-state index contributed by atoms with van der Waals surface area (Å²) in [7, 11) is 5.82. The van der Waals surface area contributed by atoms with Crippen LogP contribution in [-0.2, 0) is 11.2 Å². The Balaban J connectivity index is 2.47. The van der Waals surface area contributed by atoms with Crippen LogP contribution in [0.3, 0.4) is 0 Å². The van der Waals surface area contributed by atoms with Crippen LogP contribution in [0.25, 0.3) is 0 Å². The van der Waals surface area contributed by atoms with Gasteiger partial charge in [0.2, 0.25) is 0 Å². The van der Waals surface area contributed by atoms with E-state index in [1.54, 1.807) is 11.3 Å². The molecule has 2 heterocycles. The number of rotatable bonds is 0. The number of ether oxygens (including phenoxy) is 1. The monoisotopic (exact) mass is 238 g/mol. The molecule has 0 aliphatic carbocycles. The lowest BCUT2D eigenvalue weighted by Crippen LogP contribution is -2.35. The van der Waals surface area contributed by atoms with E-state index in [9.17, 15) is 4.79 Å². The zero-order valence-corrected chi connectivity index (χ0v) is 10.3. The summed E-state index contributed by atoms with van der Waals surface area (Å²) in [6.45, 7) is 3.85. The molecular weight excluding hydrogens is 227 g/mol. The van der Waals surface area contributed by atoms with Gasteiger partial charge in [0.1, 0.15) is 12.7 Å². The number of esters is 1. The normalized spacial score (nSPS) is 30.6. The molecule has 0 saturated carbocycles. The molecule has 2 radical (unpaired) electrons. The number of hydrogen-bond acceptors (Lipinski definition) is 4. The molecule has 0 saturated heterocycles. The van der Waals surface area contributed by atoms with Crippen molar-refractivity contribution in [2.75, 3.05) is 0 Å². The molecule has 1 aromatic rings. The Kier molecular flexibility index (Phi) is 2.63. The molecule has 78 valence electrons. The second-order valence-corrected chi connectivity index (χ2v) is 5.72. The summed E-state index contributed by atoms with van der Waals surface area (Å²) in [5.41, 5.74) is 1.70. The summed E-state index contributed by atoms with van der Waals surface area (Å²) in [6, 6.07) is 0. The Morgan fingerprint density at radius 3 is 3.07 bits per heavy atom. The second-order valence-electron chi connectivity index (χ2n) is 3.94. The van der Waals surface area contributed by atoms with E-state index in [0.29, 0.717) is 5.56 Å². The van der Waals surface area contributed by atoms with E-state index in [1.165, 1.54) is 0 Å². The van der Waals surface area contributed by atoms with Crippen molar-refractivity contribution >= 4 is 37.8 Å². The van der Waals surface area contributed by atoms with Gasteiger partial charge in [-0.25, -0.2) is 4.79 Å². The fourth-order valence-corrected chi connectivity index (χ4v) is 2.74. The lowest BCUT2D eigenvalue weighted by molar-refractivity contribution is 0.0314. The number of fused-ring (bicyclic) bond motifs is 1. The van der Waals surface area contributed by atoms with Crippen molar-refractivity contribution in [1.82, 2.24) is 0 Å². The lowest BCUT2D eigenvalue weighted by Gasteiger charge is -2.28. The summed E-state index contributed by atoms with van der Waals surface area (Å²) in [6.07, 6.45) is 0.728. The van der Waals surface area contributed by atoms with Crippen molar-refractivity contribution in [1.29, 1.82) is 0 Å². The Morgan fingerprint density at radius 2 is 2.40 bits per heavy atom. The smallest absolute Gasteiger partial charge is 0.340 e. The highest BCUT2D eigenvalue weighted by Crippen LogP contribution is 2.35. The van der Waals surface area contributed by atoms with Crippen LogP contribution < -0.4 is 0 Å². The van der Waals surface area contributed by atoms with E-state index in [2.05, 4.69) is 12.6 Å². The molecule has 2 atom stereocenters. The van der Waals surface area contributed by atoms with E-state index < -0.39 is 4.83 Å². The molecule has 0 bridgehead atoms. The zero-order valence-electron chi connectivity index (χ0n) is 8.61. The molecule has 1 aliphatic rings. The van der Waals surface area contributed by atoms with Crippen LogP contribution in [0.5, 0.6) is 0 Å². The third-order valence-electron chi connectivity index (χ3n) is 2.74. The molecule has 15 heavy (non-hydrogen) atoms. The molecule has 1 aromatic heterocycles. The van der Waals surface area contributed by atoms with Crippen LogP contribution in [0.4, 0.5) is 0 Å². The molecule has 2 unspecified atom stereocenters. The molecule has 0 amide bonds. The summed E-state index contributed by atoms with van der Waals surface area (Å²) in [5.74, 6) is -0.356. The first-order valence-electron chi connectivity index (χ1n) is 4.73. The van der Waals surface area contributed by atoms with Gasteiger partial charge in [-0.15, -0.1) is 24.0 Å². The van der Waals surface area contributed by atoms with Gasteiger partial charge in [0, 0.05) is 4.88 Å². The second kappa shape index (κ2) is 3.56. The largest absolute Gasteiger partial charge is 0.455 e. The molecule has 2 nitrogen and oxygen atoms in total. The van der Waals surface area contributed by atoms with Crippen LogP contribution in [0.2, 0.25) is 0 Å². The molecule has 0 spiro atoms. The molecule has 0 fully saturated rings. The third-order valence-corrected chi connectivity index (χ3v) is 4.24. The maximum Gasteiger partial charge on any atom is 0.340 e. The fourth-order valence-electron chi connectivity index (χ4n) is 1.70. The summed E-state index contributed by atoms with van der Waals surface area (Å²) >= 11 is 5.76. The maximum atomic E-state index is 11.8. The molecular formula is C10H11BO2S2. The quantitative estimate of drug-likeness (QED) is 0.426. The van der Waals surface area contributed by atoms with Crippen LogP contribution >= 0.6 is 24.0 Å². The molecule has 1 aliphatic heterocycles. The van der Waals surface area contributed by atoms with Crippen molar-refractivity contribution in [3.8, 4) is 0 Å². The van der Waals surface area contributed by atoms with Crippen LogP contribution in [0.15, 0.2) is 5.38 Å². The van der Waals surface area contributed by atoms with Crippen molar-refractivity contribution in [3.05, 3.63) is 21.4 Å². The average molecular weight is 238 g/mol.